The number of nitrogens with two attached hydrogens (primary N) is 1. The zero-order valence-corrected chi connectivity index (χ0v) is 11.2. The van der Waals surface area contributed by atoms with Crippen LogP contribution in [0.2, 0.25) is 0 Å². The van der Waals surface area contributed by atoms with Gasteiger partial charge in [0.1, 0.15) is 5.76 Å². The molecule has 0 amide bonds. The second kappa shape index (κ2) is 4.49. The number of nitrogen functional groups attached to an aromatic ring is 1. The zero-order chi connectivity index (χ0) is 12.5. The van der Waals surface area contributed by atoms with Crippen LogP contribution in [0.3, 0.4) is 0 Å². The summed E-state index contributed by atoms with van der Waals surface area (Å²) >= 11 is 1.52. The lowest BCUT2D eigenvalue weighted by Crippen LogP contribution is -2.09. The number of aryl methyl sites for hydroxylation is 2. The molecule has 0 spiro atoms. The van der Waals surface area contributed by atoms with Crippen molar-refractivity contribution in [3.63, 3.8) is 0 Å². The number of anilines is 1. The molecular weight excluding hydrogens is 234 g/mol. The fraction of sp³-hybridized carbons (Fsp3) is 0.500. The molecule has 0 radical (unpaired) electrons. The van der Waals surface area contributed by atoms with Crippen LogP contribution in [0.25, 0.3) is 0 Å². The van der Waals surface area contributed by atoms with Crippen LogP contribution in [-0.4, -0.2) is 9.97 Å². The predicted octanol–water partition coefficient (Wildman–Crippen LogP) is 2.80. The number of rotatable bonds is 3. The lowest BCUT2D eigenvalue weighted by molar-refractivity contribution is 0.382. The average molecular weight is 251 g/mol. The fourth-order valence-corrected chi connectivity index (χ4v) is 2.12. The molecule has 0 fully saturated rings. The van der Waals surface area contributed by atoms with E-state index in [9.17, 15) is 0 Å². The van der Waals surface area contributed by atoms with Gasteiger partial charge in [-0.05, 0) is 6.42 Å². The van der Waals surface area contributed by atoms with E-state index in [4.69, 9.17) is 10.2 Å². The highest BCUT2D eigenvalue weighted by molar-refractivity contribution is 7.15. The Hall–Kier alpha value is -1.36. The van der Waals surface area contributed by atoms with Gasteiger partial charge in [0.15, 0.2) is 11.0 Å². The molecule has 2 heterocycles. The molecule has 0 aliphatic rings. The largest absolute Gasteiger partial charge is 0.445 e. The molecule has 0 saturated carbocycles. The first kappa shape index (κ1) is 12.1. The van der Waals surface area contributed by atoms with Crippen molar-refractivity contribution in [3.8, 4) is 0 Å². The maximum atomic E-state index is 5.72. The van der Waals surface area contributed by atoms with Crippen molar-refractivity contribution in [2.24, 2.45) is 0 Å². The van der Waals surface area contributed by atoms with Gasteiger partial charge < -0.3 is 10.2 Å². The second-order valence-corrected chi connectivity index (χ2v) is 6.18. The fourth-order valence-electron chi connectivity index (χ4n) is 1.44. The van der Waals surface area contributed by atoms with Crippen molar-refractivity contribution in [2.45, 2.75) is 39.0 Å². The summed E-state index contributed by atoms with van der Waals surface area (Å²) in [7, 11) is 0. The number of thiazole rings is 1. The van der Waals surface area contributed by atoms with Gasteiger partial charge in [0.2, 0.25) is 0 Å². The Morgan fingerprint density at radius 1 is 1.24 bits per heavy atom. The molecule has 0 aromatic carbocycles. The third kappa shape index (κ3) is 3.06. The van der Waals surface area contributed by atoms with E-state index in [0.717, 1.165) is 29.4 Å². The van der Waals surface area contributed by atoms with Crippen molar-refractivity contribution in [1.29, 1.82) is 0 Å². The molecule has 0 aliphatic heterocycles. The topological polar surface area (TPSA) is 64.9 Å². The minimum atomic E-state index is 0.0141. The first-order chi connectivity index (χ1) is 7.95. The molecular formula is C12H17N3OS. The summed E-state index contributed by atoms with van der Waals surface area (Å²) in [6, 6.07) is 0. The van der Waals surface area contributed by atoms with Gasteiger partial charge in [-0.1, -0.05) is 20.8 Å². The summed E-state index contributed by atoms with van der Waals surface area (Å²) in [6.07, 6.45) is 5.29. The summed E-state index contributed by atoms with van der Waals surface area (Å²) < 4.78 is 5.72. The highest BCUT2D eigenvalue weighted by Gasteiger charge is 2.19. The number of aromatic nitrogens is 2. The third-order valence-electron chi connectivity index (χ3n) is 2.45. The minimum Gasteiger partial charge on any atom is -0.445 e. The van der Waals surface area contributed by atoms with Crippen LogP contribution in [0.15, 0.2) is 16.8 Å². The highest BCUT2D eigenvalue weighted by Crippen LogP contribution is 2.23. The number of hydrogen-bond acceptors (Lipinski definition) is 5. The van der Waals surface area contributed by atoms with Crippen LogP contribution in [0.5, 0.6) is 0 Å². The van der Waals surface area contributed by atoms with Gasteiger partial charge in [-0.25, -0.2) is 9.97 Å². The summed E-state index contributed by atoms with van der Waals surface area (Å²) in [5.41, 5.74) is 5.59. The Balaban J connectivity index is 1.98. The summed E-state index contributed by atoms with van der Waals surface area (Å²) in [5, 5.41) is 0.614. The quantitative estimate of drug-likeness (QED) is 0.911. The van der Waals surface area contributed by atoms with E-state index >= 15 is 0 Å². The van der Waals surface area contributed by atoms with Crippen LogP contribution < -0.4 is 5.73 Å². The lowest BCUT2D eigenvalue weighted by atomic mass is 9.94. The van der Waals surface area contributed by atoms with E-state index in [1.807, 2.05) is 12.4 Å². The van der Waals surface area contributed by atoms with Crippen molar-refractivity contribution >= 4 is 16.5 Å². The maximum absolute atomic E-state index is 5.72. The second-order valence-electron chi connectivity index (χ2n) is 5.03. The lowest BCUT2D eigenvalue weighted by Gasteiger charge is -2.12. The predicted molar refractivity (Wildman–Crippen MR) is 69.1 cm³/mol. The maximum Gasteiger partial charge on any atom is 0.194 e. The first-order valence-corrected chi connectivity index (χ1v) is 6.42. The van der Waals surface area contributed by atoms with Crippen molar-refractivity contribution < 1.29 is 4.42 Å². The van der Waals surface area contributed by atoms with Gasteiger partial charge in [0.05, 0.1) is 6.20 Å². The van der Waals surface area contributed by atoms with Gasteiger partial charge in [-0.3, -0.25) is 0 Å². The van der Waals surface area contributed by atoms with Crippen molar-refractivity contribution in [3.05, 3.63) is 28.9 Å². The normalized spacial score (nSPS) is 11.9. The zero-order valence-electron chi connectivity index (χ0n) is 10.4. The standard InChI is InChI=1S/C12H17N3OS/c1-12(2,3)9-7-14-10(16-9)5-4-8-6-15-11(13)17-8/h6-7H,4-5H2,1-3H3,(H2,13,15). The molecule has 0 aliphatic carbocycles. The Kier molecular flexibility index (Phi) is 3.19. The average Bonchev–Trinajstić information content (AvgIpc) is 2.82. The smallest absolute Gasteiger partial charge is 0.194 e. The molecule has 2 N–H and O–H groups in total. The van der Waals surface area contributed by atoms with E-state index in [1.165, 1.54) is 11.3 Å². The number of nitrogens with zero attached hydrogens (tertiary/aromatic N) is 2. The van der Waals surface area contributed by atoms with Gasteiger partial charge in [0.25, 0.3) is 0 Å². The SMILES string of the molecule is CC(C)(C)c1cnc(CCc2cnc(N)s2)o1. The van der Waals surface area contributed by atoms with E-state index in [-0.39, 0.29) is 5.41 Å². The molecule has 0 unspecified atom stereocenters. The molecule has 0 atom stereocenters. The summed E-state index contributed by atoms with van der Waals surface area (Å²) in [5.74, 6) is 1.71. The van der Waals surface area contributed by atoms with Crippen LogP contribution in [0.1, 0.15) is 37.3 Å². The molecule has 2 aromatic rings. The molecule has 2 aromatic heterocycles. The van der Waals surface area contributed by atoms with Gasteiger partial charge >= 0.3 is 0 Å². The van der Waals surface area contributed by atoms with E-state index < -0.39 is 0 Å². The summed E-state index contributed by atoms with van der Waals surface area (Å²) in [6.45, 7) is 6.34. The molecule has 0 saturated heterocycles. The van der Waals surface area contributed by atoms with Gasteiger partial charge in [0, 0.05) is 22.9 Å². The Morgan fingerprint density at radius 2 is 2.00 bits per heavy atom. The number of oxazole rings is 1. The van der Waals surface area contributed by atoms with Crippen molar-refractivity contribution in [2.75, 3.05) is 5.73 Å². The molecule has 5 heteroatoms. The van der Waals surface area contributed by atoms with Crippen LogP contribution >= 0.6 is 11.3 Å². The Morgan fingerprint density at radius 3 is 2.53 bits per heavy atom. The number of hydrogen-bond donors (Lipinski definition) is 1. The van der Waals surface area contributed by atoms with Crippen LogP contribution in [-0.2, 0) is 18.3 Å². The van der Waals surface area contributed by atoms with Crippen LogP contribution in [0, 0.1) is 0 Å². The Labute approximate surface area is 105 Å². The molecule has 17 heavy (non-hydrogen) atoms. The van der Waals surface area contributed by atoms with Crippen LogP contribution in [0.4, 0.5) is 5.13 Å². The van der Waals surface area contributed by atoms with E-state index in [2.05, 4.69) is 30.7 Å². The van der Waals surface area contributed by atoms with E-state index in [1.54, 1.807) is 0 Å². The van der Waals surface area contributed by atoms with Gasteiger partial charge in [-0.2, -0.15) is 0 Å². The molecule has 92 valence electrons. The first-order valence-electron chi connectivity index (χ1n) is 5.60. The molecule has 2 rings (SSSR count). The van der Waals surface area contributed by atoms with Gasteiger partial charge in [-0.15, -0.1) is 11.3 Å². The monoisotopic (exact) mass is 251 g/mol. The minimum absolute atomic E-state index is 0.0141. The molecule has 0 bridgehead atoms. The third-order valence-corrected chi connectivity index (χ3v) is 3.34. The van der Waals surface area contributed by atoms with Crippen molar-refractivity contribution in [1.82, 2.24) is 9.97 Å². The van der Waals surface area contributed by atoms with E-state index in [0.29, 0.717) is 5.13 Å². The Bertz CT molecular complexity index is 496. The highest BCUT2D eigenvalue weighted by atomic mass is 32.1. The molecule has 4 nitrogen and oxygen atoms in total. The summed E-state index contributed by atoms with van der Waals surface area (Å²) in [4.78, 5) is 9.47.